The zero-order valence-corrected chi connectivity index (χ0v) is 66.4. The van der Waals surface area contributed by atoms with Gasteiger partial charge >= 0.3 is 0 Å². The average Bonchev–Trinajstić information content (AvgIpc) is 0.782. The molecule has 0 bridgehead atoms. The Morgan fingerprint density at radius 3 is 0.587 bits per heavy atom. The summed E-state index contributed by atoms with van der Waals surface area (Å²) in [4.78, 5) is 28.7. The van der Waals surface area contributed by atoms with Gasteiger partial charge in [-0.25, -0.2) is 0 Å². The first-order valence-corrected chi connectivity index (χ1v) is 38.5. The number of nitrogens with one attached hydrogen (secondary N) is 2. The molecule has 18 nitrogen and oxygen atoms in total. The summed E-state index contributed by atoms with van der Waals surface area (Å²) in [6.07, 6.45) is 3.74. The number of aliphatic hydroxyl groups excluding tert-OH is 2. The van der Waals surface area contributed by atoms with Crippen LogP contribution in [0.25, 0.3) is 0 Å². The summed E-state index contributed by atoms with van der Waals surface area (Å²) in [7, 11) is 0. The van der Waals surface area contributed by atoms with Crippen LogP contribution >= 0.6 is 0 Å². The maximum Gasteiger partial charge on any atom is 0.236 e. The van der Waals surface area contributed by atoms with E-state index in [1.54, 1.807) is 24.3 Å². The van der Waals surface area contributed by atoms with Crippen LogP contribution in [0.4, 0.5) is 0 Å². The van der Waals surface area contributed by atoms with Crippen LogP contribution in [0.5, 0.6) is 69.0 Å². The molecule has 0 saturated heterocycles. The predicted octanol–water partition coefficient (Wildman–Crippen LogP) is 17.0. The third-order valence-electron chi connectivity index (χ3n) is 18.1. The Morgan fingerprint density at radius 2 is 0.422 bits per heavy atom. The maximum absolute atomic E-state index is 14.4. The second-order valence-electron chi connectivity index (χ2n) is 31.4. The van der Waals surface area contributed by atoms with E-state index in [0.29, 0.717) is 175 Å². The molecule has 8 aromatic rings. The largest absolute Gasteiger partial charge is 0.493 e. The summed E-state index contributed by atoms with van der Waals surface area (Å²) < 4.78 is 74.0. The van der Waals surface area contributed by atoms with E-state index in [2.05, 4.69) is 142 Å². The molecule has 588 valence electrons. The van der Waals surface area contributed by atoms with Gasteiger partial charge in [-0.05, 0) is 141 Å². The lowest BCUT2D eigenvalue weighted by Crippen LogP contribution is -2.55. The van der Waals surface area contributed by atoms with Crippen LogP contribution in [0.2, 0.25) is 0 Å². The Kier molecular flexibility index (Phi) is 32.9. The predicted molar refractivity (Wildman–Crippen MR) is 430 cm³/mol. The van der Waals surface area contributed by atoms with Gasteiger partial charge < -0.3 is 77.7 Å². The third kappa shape index (κ3) is 29.3. The van der Waals surface area contributed by atoms with Crippen molar-refractivity contribution in [2.75, 3.05) is 106 Å². The maximum atomic E-state index is 14.4. The van der Waals surface area contributed by atoms with E-state index in [-0.39, 0.29) is 60.8 Å². The first kappa shape index (κ1) is 84.8. The molecule has 0 fully saturated rings. The molecule has 109 heavy (non-hydrogen) atoms. The van der Waals surface area contributed by atoms with Gasteiger partial charge in [-0.1, -0.05) is 156 Å². The first-order valence-electron chi connectivity index (χ1n) is 38.5. The minimum absolute atomic E-state index is 0.00399. The van der Waals surface area contributed by atoms with Crippen molar-refractivity contribution in [1.29, 1.82) is 0 Å². The number of hydrogen-bond donors (Lipinski definition) is 4. The Hall–Kier alpha value is -9.78. The number of benzene rings is 8. The highest BCUT2D eigenvalue weighted by Crippen LogP contribution is 2.35. The van der Waals surface area contributed by atoms with Gasteiger partial charge in [0.1, 0.15) is 74.4 Å². The number of hydrogen-bond acceptors (Lipinski definition) is 16. The quantitative estimate of drug-likeness (QED) is 0.0207. The van der Waals surface area contributed by atoms with Crippen LogP contribution < -0.4 is 67.5 Å². The summed E-state index contributed by atoms with van der Waals surface area (Å²) in [6.45, 7) is 30.5. The van der Waals surface area contributed by atoms with E-state index in [9.17, 15) is 19.8 Å². The molecule has 0 aliphatic rings. The fourth-order valence-corrected chi connectivity index (χ4v) is 11.7. The van der Waals surface area contributed by atoms with E-state index in [1.165, 1.54) is 22.3 Å². The summed E-state index contributed by atoms with van der Waals surface area (Å²) in [5, 5.41) is 25.2. The van der Waals surface area contributed by atoms with Gasteiger partial charge in [0.2, 0.25) is 11.8 Å². The Labute approximate surface area is 647 Å². The van der Waals surface area contributed by atoms with E-state index < -0.39 is 17.2 Å². The second-order valence-corrected chi connectivity index (χ2v) is 31.4. The second kappa shape index (κ2) is 42.3. The van der Waals surface area contributed by atoms with Crippen molar-refractivity contribution in [2.24, 2.45) is 5.41 Å². The summed E-state index contributed by atoms with van der Waals surface area (Å²) in [5.74, 6) is 6.93. The first-order chi connectivity index (χ1) is 52.2. The van der Waals surface area contributed by atoms with Crippen LogP contribution in [0.1, 0.15) is 155 Å². The van der Waals surface area contributed by atoms with Gasteiger partial charge in [0, 0.05) is 88.0 Å². The van der Waals surface area contributed by atoms with Crippen molar-refractivity contribution in [3.05, 3.63) is 215 Å². The topological polar surface area (TPSA) is 209 Å². The minimum atomic E-state index is -1.69. The molecular formula is C91H118N2O16. The lowest BCUT2D eigenvalue weighted by molar-refractivity contribution is -0.144. The number of ether oxygens (including phenoxy) is 12. The molecular weight excluding hydrogens is 1380 g/mol. The van der Waals surface area contributed by atoms with Crippen LogP contribution in [0, 0.1) is 5.41 Å². The monoisotopic (exact) mass is 1490 g/mol. The molecule has 0 saturated carbocycles. The van der Waals surface area contributed by atoms with Crippen LogP contribution in [-0.2, 0) is 44.1 Å². The highest BCUT2D eigenvalue weighted by molar-refractivity contribution is 6.05. The van der Waals surface area contributed by atoms with Crippen molar-refractivity contribution in [2.45, 2.75) is 156 Å². The fraction of sp³-hybridized carbons (Fsp3) is 0.451. The molecule has 0 aromatic heterocycles. The van der Waals surface area contributed by atoms with E-state index in [0.717, 1.165) is 23.0 Å². The molecule has 0 heterocycles. The zero-order valence-electron chi connectivity index (χ0n) is 66.4. The Bertz CT molecular complexity index is 3540. The lowest BCUT2D eigenvalue weighted by atomic mass is 9.74. The summed E-state index contributed by atoms with van der Waals surface area (Å²) in [6, 6.07) is 58.6. The van der Waals surface area contributed by atoms with Crippen molar-refractivity contribution >= 4 is 11.8 Å². The molecule has 0 unspecified atom stereocenters. The number of carbonyl (C=O) groups is 2. The highest BCUT2D eigenvalue weighted by atomic mass is 16.5. The number of carbonyl (C=O) groups excluding carboxylic acids is 2. The normalized spacial score (nSPS) is 11.8. The van der Waals surface area contributed by atoms with Gasteiger partial charge in [-0.15, -0.1) is 0 Å². The highest BCUT2D eigenvalue weighted by Gasteiger charge is 2.46. The number of rotatable bonds is 46. The molecule has 2 amide bonds. The number of amides is 2. The fourth-order valence-electron chi connectivity index (χ4n) is 11.7. The SMILES string of the molecule is CC(C)(C)c1ccc(OCCCOc2cc(OCCCOc3ccc(CC(Cc4ccc(OCCCOc5cc(OCCCOc6ccc(C(C)(C)C)cc6)cc(OCCCOc6ccc(C(C)(C)C)cc6)c5)cc4)(C(=O)NCCO)C(=O)NCCO)cc3)cc(OCCCOc3ccc(C(C)(C)C)cc3)c2)cc1. The van der Waals surface area contributed by atoms with Gasteiger partial charge in [0.25, 0.3) is 0 Å². The molecule has 0 radical (unpaired) electrons. The molecule has 18 heteroatoms. The van der Waals surface area contributed by atoms with Gasteiger partial charge in [-0.2, -0.15) is 0 Å². The smallest absolute Gasteiger partial charge is 0.236 e. The molecule has 0 spiro atoms. The van der Waals surface area contributed by atoms with E-state index in [4.69, 9.17) is 56.8 Å². The van der Waals surface area contributed by atoms with Crippen LogP contribution in [0.15, 0.2) is 182 Å². The summed E-state index contributed by atoms with van der Waals surface area (Å²) in [5.41, 5.74) is 4.93. The average molecular weight is 1500 g/mol. The standard InChI is InChI=1S/C91H118N2O16/c1-87(2,3)69-23-35-75(36-24-69)100-49-15-55-106-81-59-79(60-82(63-81)107-56-16-50-101-76-37-25-70(26-38-76)88(4,5)6)104-53-13-47-98-73-31-19-67(20-32-73)65-91(85(96)92-43-45-94,86(97)93-44-46-95)66-68-21-33-74(34-22-68)99-48-14-54-105-80-61-83(108-57-17-51-102-77-39-27-71(28-40-77)89(7,8)9)64-84(62-80)109-58-18-52-103-78-41-29-72(30-42-78)90(10,11)12/h19-42,59-64,94-95H,13-18,43-58,65-66H2,1-12H3,(H,92,96)(H,93,97). The Balaban J connectivity index is 0.826. The van der Waals surface area contributed by atoms with Gasteiger partial charge in [0.15, 0.2) is 0 Å². The van der Waals surface area contributed by atoms with E-state index >= 15 is 0 Å². The van der Waals surface area contributed by atoms with Gasteiger partial charge in [-0.3, -0.25) is 9.59 Å². The Morgan fingerprint density at radius 1 is 0.257 bits per heavy atom. The zero-order chi connectivity index (χ0) is 78.1. The lowest BCUT2D eigenvalue weighted by Gasteiger charge is -2.32. The minimum Gasteiger partial charge on any atom is -0.493 e. The number of aliphatic hydroxyl groups is 2. The van der Waals surface area contributed by atoms with Crippen molar-refractivity contribution in [3.8, 4) is 69.0 Å². The van der Waals surface area contributed by atoms with Crippen molar-refractivity contribution in [3.63, 3.8) is 0 Å². The van der Waals surface area contributed by atoms with Crippen LogP contribution in [0.3, 0.4) is 0 Å². The summed E-state index contributed by atoms with van der Waals surface area (Å²) >= 11 is 0. The molecule has 0 aliphatic heterocycles. The molecule has 0 atom stereocenters. The van der Waals surface area contributed by atoms with Crippen LogP contribution in [-0.4, -0.2) is 128 Å². The van der Waals surface area contributed by atoms with E-state index in [1.807, 2.05) is 109 Å². The van der Waals surface area contributed by atoms with Gasteiger partial charge in [0.05, 0.1) is 92.5 Å². The molecule has 0 aliphatic carbocycles. The molecule has 8 aromatic carbocycles. The third-order valence-corrected chi connectivity index (χ3v) is 18.1. The van der Waals surface area contributed by atoms with Crippen molar-refractivity contribution < 1.29 is 76.6 Å². The van der Waals surface area contributed by atoms with Crippen molar-refractivity contribution in [1.82, 2.24) is 10.6 Å². The molecule has 8 rings (SSSR count). The molecule has 4 N–H and O–H groups in total.